The van der Waals surface area contributed by atoms with Crippen LogP contribution in [0.3, 0.4) is 0 Å². The Labute approximate surface area is 106 Å². The Morgan fingerprint density at radius 1 is 0.800 bits per heavy atom. The van der Waals surface area contributed by atoms with E-state index in [0.29, 0.717) is 29.0 Å². The second-order valence-corrected chi connectivity index (χ2v) is 8.22. The average Bonchev–Trinajstić information content (AvgIpc) is 2.27. The van der Waals surface area contributed by atoms with Crippen molar-refractivity contribution in [2.24, 2.45) is 0 Å². The van der Waals surface area contributed by atoms with Crippen molar-refractivity contribution in [2.75, 3.05) is 0 Å². The molecule has 0 unspecified atom stereocenters. The third-order valence-corrected chi connectivity index (χ3v) is 9.20. The molecule has 0 spiro atoms. The van der Waals surface area contributed by atoms with Crippen molar-refractivity contribution in [1.82, 2.24) is 0 Å². The van der Waals surface area contributed by atoms with Crippen molar-refractivity contribution in [3.8, 4) is 0 Å². The van der Waals surface area contributed by atoms with E-state index in [4.69, 9.17) is 0 Å². The van der Waals surface area contributed by atoms with Crippen LogP contribution in [0.5, 0.6) is 0 Å². The molecule has 3 heteroatoms. The SMILES string of the molecule is Sc1cccc2c1=[Se]c1ccccc1[Se]=2. The number of fused-ring (bicyclic) bond motifs is 2. The normalized spacial score (nSPS) is 12.1. The summed E-state index contributed by atoms with van der Waals surface area (Å²) in [5, 5.41) is 0. The van der Waals surface area contributed by atoms with Crippen LogP contribution in [0.15, 0.2) is 47.4 Å². The first-order chi connectivity index (χ1) is 7.34. The van der Waals surface area contributed by atoms with Crippen molar-refractivity contribution in [2.45, 2.75) is 4.90 Å². The summed E-state index contributed by atoms with van der Waals surface area (Å²) < 4.78 is 6.11. The van der Waals surface area contributed by atoms with Crippen LogP contribution < -0.4 is 8.92 Å². The zero-order valence-electron chi connectivity index (χ0n) is 7.81. The van der Waals surface area contributed by atoms with Gasteiger partial charge in [0.1, 0.15) is 0 Å². The van der Waals surface area contributed by atoms with Gasteiger partial charge in [-0.05, 0) is 0 Å². The molecule has 0 bridgehead atoms. The fraction of sp³-hybridized carbons (Fsp3) is 0. The Balaban J connectivity index is 2.44. The molecule has 0 saturated heterocycles. The molecule has 2 radical (unpaired) electrons. The maximum absolute atomic E-state index is 4.55. The zero-order valence-corrected chi connectivity index (χ0v) is 12.1. The van der Waals surface area contributed by atoms with E-state index in [2.05, 4.69) is 55.1 Å². The van der Waals surface area contributed by atoms with Crippen molar-refractivity contribution in [1.29, 1.82) is 0 Å². The number of thiol groups is 1. The van der Waals surface area contributed by atoms with Gasteiger partial charge >= 0.3 is 106 Å². The first kappa shape index (κ1) is 10.0. The summed E-state index contributed by atoms with van der Waals surface area (Å²) in [4.78, 5) is 1.17. The van der Waals surface area contributed by atoms with Crippen LogP contribution in [0.1, 0.15) is 0 Å². The number of rotatable bonds is 0. The molecular weight excluding hydrogens is 334 g/mol. The number of hydrogen-bond donors (Lipinski definition) is 1. The molecule has 3 rings (SSSR count). The average molecular weight is 342 g/mol. The molecule has 0 atom stereocenters. The molecule has 2 aromatic rings. The second kappa shape index (κ2) is 4.01. The molecule has 0 nitrogen and oxygen atoms in total. The fourth-order valence-corrected chi connectivity index (χ4v) is 7.70. The van der Waals surface area contributed by atoms with Gasteiger partial charge in [-0.25, -0.2) is 0 Å². The van der Waals surface area contributed by atoms with Crippen LogP contribution in [-0.4, -0.2) is 29.0 Å². The molecule has 0 N–H and O–H groups in total. The van der Waals surface area contributed by atoms with Gasteiger partial charge in [0.05, 0.1) is 0 Å². The summed E-state index contributed by atoms with van der Waals surface area (Å²) in [5.41, 5.74) is 0. The predicted molar refractivity (Wildman–Crippen MR) is 68.6 cm³/mol. The Hall–Kier alpha value is -0.171. The van der Waals surface area contributed by atoms with E-state index in [-0.39, 0.29) is 0 Å². The van der Waals surface area contributed by atoms with Crippen molar-refractivity contribution in [3.05, 3.63) is 50.6 Å². The van der Waals surface area contributed by atoms with Crippen LogP contribution in [0, 0.1) is 8.13 Å². The maximum atomic E-state index is 4.55. The van der Waals surface area contributed by atoms with E-state index < -0.39 is 0 Å². The summed E-state index contributed by atoms with van der Waals surface area (Å²) in [5.74, 6) is 0. The van der Waals surface area contributed by atoms with Crippen LogP contribution in [-0.2, 0) is 0 Å². The Bertz CT molecular complexity index is 647. The van der Waals surface area contributed by atoms with Gasteiger partial charge < -0.3 is 0 Å². The van der Waals surface area contributed by atoms with Crippen LogP contribution in [0.4, 0.5) is 0 Å². The van der Waals surface area contributed by atoms with Gasteiger partial charge in [0.25, 0.3) is 0 Å². The summed E-state index contributed by atoms with van der Waals surface area (Å²) in [7, 11) is 0. The number of hydrogen-bond acceptors (Lipinski definition) is 1. The molecule has 0 aromatic heterocycles. The molecule has 0 saturated carbocycles. The van der Waals surface area contributed by atoms with E-state index in [1.54, 1.807) is 8.92 Å². The standard InChI is InChI=1S/C12H8SSe2/c13-8-4-3-7-11-12(8)15-10-6-2-1-5-9(10)14-11/h1-7,13H. The van der Waals surface area contributed by atoms with E-state index >= 15 is 0 Å². The molecule has 0 amide bonds. The first-order valence-corrected chi connectivity index (χ1v) is 8.48. The third-order valence-electron chi connectivity index (χ3n) is 2.24. The third kappa shape index (κ3) is 1.80. The quantitative estimate of drug-likeness (QED) is 0.455. The summed E-state index contributed by atoms with van der Waals surface area (Å²) in [6, 6.07) is 15.3. The summed E-state index contributed by atoms with van der Waals surface area (Å²) >= 11 is 5.48. The van der Waals surface area contributed by atoms with Gasteiger partial charge in [0.2, 0.25) is 0 Å². The minimum absolute atomic E-state index is 0.449. The van der Waals surface area contributed by atoms with Gasteiger partial charge in [0.15, 0.2) is 0 Å². The second-order valence-electron chi connectivity index (χ2n) is 3.26. The van der Waals surface area contributed by atoms with Crippen molar-refractivity contribution >= 4 is 50.6 Å². The summed E-state index contributed by atoms with van der Waals surface area (Å²) in [6.07, 6.45) is 0. The predicted octanol–water partition coefficient (Wildman–Crippen LogP) is 0.850. The summed E-state index contributed by atoms with van der Waals surface area (Å²) in [6.45, 7) is 0. The van der Waals surface area contributed by atoms with Crippen LogP contribution in [0.25, 0.3) is 0 Å². The molecule has 0 aliphatic carbocycles. The molecular formula is C12H8SSe2. The van der Waals surface area contributed by atoms with E-state index in [9.17, 15) is 0 Å². The fourth-order valence-electron chi connectivity index (χ4n) is 1.53. The van der Waals surface area contributed by atoms with E-state index in [1.807, 2.05) is 0 Å². The molecule has 1 aliphatic rings. The van der Waals surface area contributed by atoms with Gasteiger partial charge in [-0.3, -0.25) is 0 Å². The van der Waals surface area contributed by atoms with Gasteiger partial charge in [0, 0.05) is 0 Å². The van der Waals surface area contributed by atoms with Gasteiger partial charge in [-0.2, -0.15) is 0 Å². The molecule has 0 fully saturated rings. The molecule has 15 heavy (non-hydrogen) atoms. The van der Waals surface area contributed by atoms with Gasteiger partial charge in [-0.15, -0.1) is 0 Å². The molecule has 1 aliphatic heterocycles. The monoisotopic (exact) mass is 344 g/mol. The van der Waals surface area contributed by atoms with Gasteiger partial charge in [-0.1, -0.05) is 0 Å². The zero-order chi connectivity index (χ0) is 10.3. The first-order valence-electron chi connectivity index (χ1n) is 4.61. The van der Waals surface area contributed by atoms with E-state index in [0.717, 1.165) is 0 Å². The van der Waals surface area contributed by atoms with E-state index in [1.165, 1.54) is 13.0 Å². The van der Waals surface area contributed by atoms with Crippen LogP contribution in [0.2, 0.25) is 0 Å². The molecule has 1 heterocycles. The molecule has 74 valence electrons. The van der Waals surface area contributed by atoms with Crippen LogP contribution >= 0.6 is 12.6 Å². The number of benzene rings is 2. The van der Waals surface area contributed by atoms with Crippen molar-refractivity contribution < 1.29 is 0 Å². The Morgan fingerprint density at radius 3 is 2.33 bits per heavy atom. The molecule has 2 aromatic carbocycles. The van der Waals surface area contributed by atoms with Crippen molar-refractivity contribution in [3.63, 3.8) is 0 Å². The Kier molecular flexibility index (Phi) is 2.68. The minimum atomic E-state index is 0.449. The topological polar surface area (TPSA) is 0 Å². The Morgan fingerprint density at radius 2 is 1.53 bits per heavy atom.